The van der Waals surface area contributed by atoms with Gasteiger partial charge in [-0.25, -0.2) is 18.9 Å². The van der Waals surface area contributed by atoms with E-state index >= 15 is 0 Å². The molecule has 5 aromatic rings. The smallest absolute Gasteiger partial charge is 0.337 e. The molecule has 0 aliphatic rings. The average Bonchev–Trinajstić information content (AvgIpc) is 3.37. The zero-order chi connectivity index (χ0) is 24.4. The maximum absolute atomic E-state index is 13.5. The van der Waals surface area contributed by atoms with Gasteiger partial charge in [0, 0.05) is 53.4 Å². The molecule has 9 nitrogen and oxygen atoms in total. The normalized spacial score (nSPS) is 10.8. The Labute approximate surface area is 202 Å². The van der Waals surface area contributed by atoms with Crippen LogP contribution in [-0.2, 0) is 0 Å². The molecule has 0 unspecified atom stereocenters. The lowest BCUT2D eigenvalue weighted by Gasteiger charge is -2.12. The molecule has 0 bridgehead atoms. The number of hydrogen-bond acceptors (Lipinski definition) is 7. The van der Waals surface area contributed by atoms with E-state index in [1.165, 1.54) is 47.5 Å². The van der Waals surface area contributed by atoms with Crippen LogP contribution < -0.4 is 5.32 Å². The van der Waals surface area contributed by atoms with Crippen molar-refractivity contribution < 1.29 is 14.3 Å². The molecule has 0 spiro atoms. The summed E-state index contributed by atoms with van der Waals surface area (Å²) in [4.78, 5) is 28.8. The highest BCUT2D eigenvalue weighted by Gasteiger charge is 2.16. The van der Waals surface area contributed by atoms with Gasteiger partial charge in [-0.2, -0.15) is 10.1 Å². The van der Waals surface area contributed by atoms with Crippen LogP contribution in [0.3, 0.4) is 0 Å². The highest BCUT2D eigenvalue weighted by Crippen LogP contribution is 2.28. The Kier molecular flexibility index (Phi) is 5.86. The summed E-state index contributed by atoms with van der Waals surface area (Å²) >= 11 is 5.88. The molecular weight excluding hydrogens is 473 g/mol. The van der Waals surface area contributed by atoms with Crippen molar-refractivity contribution in [2.45, 2.75) is 0 Å². The van der Waals surface area contributed by atoms with E-state index in [0.717, 1.165) is 11.3 Å². The number of benzene rings is 1. The van der Waals surface area contributed by atoms with Gasteiger partial charge >= 0.3 is 5.97 Å². The number of aromatic nitrogens is 6. The van der Waals surface area contributed by atoms with Crippen molar-refractivity contribution in [2.75, 3.05) is 5.32 Å². The Bertz CT molecular complexity index is 1540. The zero-order valence-corrected chi connectivity index (χ0v) is 18.6. The van der Waals surface area contributed by atoms with Crippen molar-refractivity contribution in [2.24, 2.45) is 0 Å². The summed E-state index contributed by atoms with van der Waals surface area (Å²) in [6.45, 7) is 0. The maximum Gasteiger partial charge on any atom is 0.337 e. The van der Waals surface area contributed by atoms with Gasteiger partial charge in [0.25, 0.3) is 0 Å². The number of nitrogens with zero attached hydrogens (tertiary/aromatic N) is 6. The van der Waals surface area contributed by atoms with Crippen molar-refractivity contribution in [3.63, 3.8) is 0 Å². The number of carbonyl (C=O) groups is 1. The quantitative estimate of drug-likeness (QED) is 0.342. The third-order valence-electron chi connectivity index (χ3n) is 5.00. The number of carboxylic acid groups (broad SMARTS) is 1. The molecule has 35 heavy (non-hydrogen) atoms. The Morgan fingerprint density at radius 1 is 1.03 bits per heavy atom. The van der Waals surface area contributed by atoms with E-state index < -0.39 is 11.8 Å². The van der Waals surface area contributed by atoms with Gasteiger partial charge in [0.05, 0.1) is 22.5 Å². The van der Waals surface area contributed by atoms with Crippen molar-refractivity contribution in [1.82, 2.24) is 29.7 Å². The van der Waals surface area contributed by atoms with Gasteiger partial charge in [-0.3, -0.25) is 9.97 Å². The van der Waals surface area contributed by atoms with Gasteiger partial charge in [-0.05, 0) is 36.4 Å². The Morgan fingerprint density at radius 3 is 2.69 bits per heavy atom. The summed E-state index contributed by atoms with van der Waals surface area (Å²) in [5.41, 5.74) is 2.98. The van der Waals surface area contributed by atoms with E-state index in [9.17, 15) is 14.3 Å². The second kappa shape index (κ2) is 9.27. The third-order valence-corrected chi connectivity index (χ3v) is 5.29. The summed E-state index contributed by atoms with van der Waals surface area (Å²) < 4.78 is 15.1. The fourth-order valence-corrected chi connectivity index (χ4v) is 3.50. The van der Waals surface area contributed by atoms with Crippen molar-refractivity contribution >= 4 is 29.2 Å². The number of anilines is 2. The predicted molar refractivity (Wildman–Crippen MR) is 127 cm³/mol. The highest BCUT2D eigenvalue weighted by atomic mass is 35.5. The number of carboxylic acids is 1. The summed E-state index contributed by atoms with van der Waals surface area (Å²) in [5, 5.41) is 16.8. The lowest BCUT2D eigenvalue weighted by Crippen LogP contribution is -2.06. The van der Waals surface area contributed by atoms with Crippen LogP contribution in [0.15, 0.2) is 79.6 Å². The van der Waals surface area contributed by atoms with E-state index in [0.29, 0.717) is 22.6 Å². The second-order valence-electron chi connectivity index (χ2n) is 7.34. The molecule has 0 amide bonds. The molecule has 4 aromatic heterocycles. The van der Waals surface area contributed by atoms with E-state index in [-0.39, 0.29) is 16.5 Å². The number of pyridine rings is 2. The minimum atomic E-state index is -1.11. The van der Waals surface area contributed by atoms with Gasteiger partial charge in [0.2, 0.25) is 5.95 Å². The van der Waals surface area contributed by atoms with Crippen molar-refractivity contribution in [3.05, 3.63) is 96.0 Å². The SMILES string of the molecule is O=C(O)c1cncc(-c2cnc(Nc3ccc(F)c(Cl)c3)nc2-n2cc(-c3ccccn3)cn2)c1. The van der Waals surface area contributed by atoms with Crippen molar-refractivity contribution in [3.8, 4) is 28.2 Å². The van der Waals surface area contributed by atoms with Crippen LogP contribution in [0.5, 0.6) is 0 Å². The number of rotatable bonds is 6. The summed E-state index contributed by atoms with van der Waals surface area (Å²) in [6.07, 6.45) is 9.38. The Hall–Kier alpha value is -4.70. The molecule has 2 N–H and O–H groups in total. The Morgan fingerprint density at radius 2 is 1.91 bits per heavy atom. The fraction of sp³-hybridized carbons (Fsp3) is 0. The topological polar surface area (TPSA) is 119 Å². The van der Waals surface area contributed by atoms with Crippen LogP contribution in [-0.4, -0.2) is 40.8 Å². The van der Waals surface area contributed by atoms with E-state index in [1.54, 1.807) is 18.6 Å². The lowest BCUT2D eigenvalue weighted by atomic mass is 10.1. The summed E-state index contributed by atoms with van der Waals surface area (Å²) in [6, 6.07) is 11.2. The van der Waals surface area contributed by atoms with Gasteiger partial charge in [-0.1, -0.05) is 17.7 Å². The van der Waals surface area contributed by atoms with E-state index in [4.69, 9.17) is 11.6 Å². The average molecular weight is 488 g/mol. The number of halogens is 2. The monoisotopic (exact) mass is 487 g/mol. The molecule has 0 aliphatic carbocycles. The molecule has 4 heterocycles. The molecule has 0 saturated carbocycles. The molecule has 5 rings (SSSR count). The first-order chi connectivity index (χ1) is 17.0. The largest absolute Gasteiger partial charge is 0.478 e. The standard InChI is InChI=1S/C24H15ClFN7O2/c25-19-8-17(4-5-20(19)26)31-24-29-12-18(14-7-15(23(34)35)10-27-9-14)22(32-24)33-13-16(11-30-33)21-3-1-2-6-28-21/h1-13H,(H,34,35)(H,29,31,32). The molecule has 0 atom stereocenters. The zero-order valence-electron chi connectivity index (χ0n) is 17.8. The van der Waals surface area contributed by atoms with Crippen molar-refractivity contribution in [1.29, 1.82) is 0 Å². The first-order valence-corrected chi connectivity index (χ1v) is 10.6. The van der Waals surface area contributed by atoms with Crippen LogP contribution in [0.2, 0.25) is 5.02 Å². The minimum absolute atomic E-state index is 0.0197. The summed E-state index contributed by atoms with van der Waals surface area (Å²) in [7, 11) is 0. The Balaban J connectivity index is 1.60. The number of hydrogen-bond donors (Lipinski definition) is 2. The number of aromatic carboxylic acids is 1. The van der Waals surface area contributed by atoms with Gasteiger partial charge < -0.3 is 10.4 Å². The van der Waals surface area contributed by atoms with Gasteiger partial charge in [0.1, 0.15) is 5.82 Å². The van der Waals surface area contributed by atoms with E-state index in [2.05, 4.69) is 30.4 Å². The van der Waals surface area contributed by atoms with Crippen LogP contribution >= 0.6 is 11.6 Å². The second-order valence-corrected chi connectivity index (χ2v) is 7.75. The van der Waals surface area contributed by atoms with Crippen LogP contribution in [0.25, 0.3) is 28.2 Å². The molecule has 1 aromatic carbocycles. The molecule has 0 saturated heterocycles. The minimum Gasteiger partial charge on any atom is -0.478 e. The lowest BCUT2D eigenvalue weighted by molar-refractivity contribution is 0.0696. The van der Waals surface area contributed by atoms with Gasteiger partial charge in [-0.15, -0.1) is 0 Å². The molecule has 172 valence electrons. The number of nitrogens with one attached hydrogen (secondary N) is 1. The molecule has 11 heteroatoms. The third kappa shape index (κ3) is 4.68. The maximum atomic E-state index is 13.5. The molecule has 0 fully saturated rings. The van der Waals surface area contributed by atoms with Crippen LogP contribution in [0.1, 0.15) is 10.4 Å². The fourth-order valence-electron chi connectivity index (χ4n) is 3.32. The van der Waals surface area contributed by atoms with E-state index in [1.807, 2.05) is 18.2 Å². The predicted octanol–water partition coefficient (Wildman–Crippen LogP) is 5.02. The van der Waals surface area contributed by atoms with Crippen LogP contribution in [0.4, 0.5) is 16.0 Å². The van der Waals surface area contributed by atoms with Crippen LogP contribution in [0, 0.1) is 5.82 Å². The first kappa shape index (κ1) is 22.1. The first-order valence-electron chi connectivity index (χ1n) is 10.2. The summed E-state index contributed by atoms with van der Waals surface area (Å²) in [5.74, 6) is -1.09. The molecule has 0 aliphatic heterocycles. The molecule has 0 radical (unpaired) electrons. The van der Waals surface area contributed by atoms with Gasteiger partial charge in [0.15, 0.2) is 5.82 Å². The molecular formula is C24H15ClFN7O2. The highest BCUT2D eigenvalue weighted by molar-refractivity contribution is 6.31.